The fraction of sp³-hybridized carbons (Fsp3) is 0.667. The molecule has 1 aromatic rings. The van der Waals surface area contributed by atoms with Gasteiger partial charge >= 0.3 is 0 Å². The number of nitrogens with zero attached hydrogens (tertiary/aromatic N) is 1. The van der Waals surface area contributed by atoms with E-state index in [9.17, 15) is 0 Å². The standard InChI is InChI=1S/C9H13N3S/c1-3-12-9(2-4-13-5-9)8-7(1)10-6-11-8/h6,12H,1-5H2,(H,10,11). The lowest BCUT2D eigenvalue weighted by atomic mass is 9.89. The topological polar surface area (TPSA) is 40.7 Å². The molecule has 0 radical (unpaired) electrons. The summed E-state index contributed by atoms with van der Waals surface area (Å²) in [6.07, 6.45) is 4.17. The molecule has 1 unspecified atom stereocenters. The summed E-state index contributed by atoms with van der Waals surface area (Å²) in [4.78, 5) is 7.71. The number of fused-ring (bicyclic) bond motifs is 2. The molecule has 3 rings (SSSR count). The molecule has 1 fully saturated rings. The molecule has 0 aromatic carbocycles. The number of rotatable bonds is 0. The van der Waals surface area contributed by atoms with E-state index in [4.69, 9.17) is 0 Å². The Morgan fingerprint density at radius 1 is 1.54 bits per heavy atom. The Balaban J connectivity index is 2.08. The fourth-order valence-corrected chi connectivity index (χ4v) is 3.69. The van der Waals surface area contributed by atoms with E-state index in [-0.39, 0.29) is 5.54 Å². The van der Waals surface area contributed by atoms with Gasteiger partial charge in [-0.15, -0.1) is 0 Å². The van der Waals surface area contributed by atoms with Gasteiger partial charge in [0.2, 0.25) is 0 Å². The number of hydrogen-bond acceptors (Lipinski definition) is 3. The van der Waals surface area contributed by atoms with Gasteiger partial charge in [0.25, 0.3) is 0 Å². The average Bonchev–Trinajstić information content (AvgIpc) is 2.74. The quantitative estimate of drug-likeness (QED) is 0.646. The van der Waals surface area contributed by atoms with E-state index >= 15 is 0 Å². The highest BCUT2D eigenvalue weighted by Gasteiger charge is 2.41. The van der Waals surface area contributed by atoms with Crippen molar-refractivity contribution in [3.8, 4) is 0 Å². The van der Waals surface area contributed by atoms with Crippen molar-refractivity contribution in [3.63, 3.8) is 0 Å². The van der Waals surface area contributed by atoms with Crippen molar-refractivity contribution in [2.75, 3.05) is 18.1 Å². The molecule has 1 saturated heterocycles. The van der Waals surface area contributed by atoms with Crippen molar-refractivity contribution in [2.45, 2.75) is 18.4 Å². The SMILES string of the molecule is c1nc2c([nH]1)CCNC21CCSC1. The third-order valence-electron chi connectivity index (χ3n) is 3.03. The first-order valence-electron chi connectivity index (χ1n) is 4.76. The van der Waals surface area contributed by atoms with Crippen LogP contribution in [0.15, 0.2) is 6.33 Å². The Bertz CT molecular complexity index is 314. The Kier molecular flexibility index (Phi) is 1.67. The van der Waals surface area contributed by atoms with Crippen molar-refractivity contribution < 1.29 is 0 Å². The molecule has 3 nitrogen and oxygen atoms in total. The van der Waals surface area contributed by atoms with Crippen LogP contribution in [0.3, 0.4) is 0 Å². The van der Waals surface area contributed by atoms with E-state index in [1.807, 2.05) is 18.1 Å². The third kappa shape index (κ3) is 1.05. The van der Waals surface area contributed by atoms with Gasteiger partial charge in [0.1, 0.15) is 0 Å². The van der Waals surface area contributed by atoms with Crippen LogP contribution >= 0.6 is 11.8 Å². The largest absolute Gasteiger partial charge is 0.348 e. The Morgan fingerprint density at radius 3 is 3.38 bits per heavy atom. The summed E-state index contributed by atoms with van der Waals surface area (Å²) in [6, 6.07) is 0. The lowest BCUT2D eigenvalue weighted by molar-refractivity contribution is 0.347. The van der Waals surface area contributed by atoms with Crippen LogP contribution in [-0.2, 0) is 12.0 Å². The van der Waals surface area contributed by atoms with E-state index in [1.54, 1.807) is 0 Å². The third-order valence-corrected chi connectivity index (χ3v) is 4.22. The van der Waals surface area contributed by atoms with Gasteiger partial charge in [0, 0.05) is 24.4 Å². The maximum Gasteiger partial charge on any atom is 0.0926 e. The van der Waals surface area contributed by atoms with Crippen molar-refractivity contribution in [1.29, 1.82) is 0 Å². The van der Waals surface area contributed by atoms with E-state index in [0.29, 0.717) is 0 Å². The van der Waals surface area contributed by atoms with Crippen LogP contribution in [0.25, 0.3) is 0 Å². The lowest BCUT2D eigenvalue weighted by Crippen LogP contribution is -2.47. The minimum atomic E-state index is 0.207. The predicted molar refractivity (Wildman–Crippen MR) is 53.9 cm³/mol. The van der Waals surface area contributed by atoms with Crippen LogP contribution in [0.4, 0.5) is 0 Å². The average molecular weight is 195 g/mol. The summed E-state index contributed by atoms with van der Waals surface area (Å²) in [6.45, 7) is 1.09. The van der Waals surface area contributed by atoms with Crippen molar-refractivity contribution >= 4 is 11.8 Å². The molecule has 0 bridgehead atoms. The zero-order valence-electron chi connectivity index (χ0n) is 7.47. The van der Waals surface area contributed by atoms with Gasteiger partial charge in [0.15, 0.2) is 0 Å². The molecule has 1 spiro atoms. The highest BCUT2D eigenvalue weighted by atomic mass is 32.2. The van der Waals surface area contributed by atoms with Crippen LogP contribution < -0.4 is 5.32 Å². The summed E-state index contributed by atoms with van der Waals surface area (Å²) < 4.78 is 0. The maximum absolute atomic E-state index is 4.46. The Morgan fingerprint density at radius 2 is 2.54 bits per heavy atom. The van der Waals surface area contributed by atoms with Gasteiger partial charge in [-0.05, 0) is 12.2 Å². The number of H-pyrrole nitrogens is 1. The lowest BCUT2D eigenvalue weighted by Gasteiger charge is -2.32. The molecule has 2 aliphatic rings. The van der Waals surface area contributed by atoms with Crippen molar-refractivity contribution in [3.05, 3.63) is 17.7 Å². The minimum absolute atomic E-state index is 0.207. The second kappa shape index (κ2) is 2.75. The fourth-order valence-electron chi connectivity index (χ4n) is 2.33. The van der Waals surface area contributed by atoms with Gasteiger partial charge in [-0.25, -0.2) is 4.98 Å². The number of hydrogen-bond donors (Lipinski definition) is 2. The maximum atomic E-state index is 4.46. The van der Waals surface area contributed by atoms with Crippen LogP contribution in [0.1, 0.15) is 17.8 Å². The summed E-state index contributed by atoms with van der Waals surface area (Å²) in [5.41, 5.74) is 2.84. The number of thioether (sulfide) groups is 1. The van der Waals surface area contributed by atoms with E-state index < -0.39 is 0 Å². The second-order valence-electron chi connectivity index (χ2n) is 3.79. The van der Waals surface area contributed by atoms with Gasteiger partial charge in [-0.3, -0.25) is 0 Å². The number of aromatic amines is 1. The van der Waals surface area contributed by atoms with Gasteiger partial charge in [-0.1, -0.05) is 0 Å². The van der Waals surface area contributed by atoms with Gasteiger partial charge in [-0.2, -0.15) is 11.8 Å². The van der Waals surface area contributed by atoms with E-state index in [1.165, 1.54) is 29.3 Å². The second-order valence-corrected chi connectivity index (χ2v) is 4.90. The van der Waals surface area contributed by atoms with Gasteiger partial charge in [0.05, 0.1) is 17.6 Å². The first-order chi connectivity index (χ1) is 6.41. The molecule has 0 amide bonds. The zero-order valence-corrected chi connectivity index (χ0v) is 8.28. The summed E-state index contributed by atoms with van der Waals surface area (Å²) >= 11 is 2.03. The molecule has 4 heteroatoms. The van der Waals surface area contributed by atoms with Crippen molar-refractivity contribution in [1.82, 2.24) is 15.3 Å². The molecule has 0 aliphatic carbocycles. The highest BCUT2D eigenvalue weighted by Crippen LogP contribution is 2.38. The smallest absolute Gasteiger partial charge is 0.0926 e. The molecule has 0 saturated carbocycles. The first kappa shape index (κ1) is 7.88. The molecular weight excluding hydrogens is 182 g/mol. The first-order valence-corrected chi connectivity index (χ1v) is 5.92. The summed E-state index contributed by atoms with van der Waals surface area (Å²) in [7, 11) is 0. The van der Waals surface area contributed by atoms with E-state index in [2.05, 4.69) is 15.3 Å². The highest BCUT2D eigenvalue weighted by molar-refractivity contribution is 7.99. The minimum Gasteiger partial charge on any atom is -0.348 e. The van der Waals surface area contributed by atoms with Crippen molar-refractivity contribution in [2.24, 2.45) is 0 Å². The molecular formula is C9H13N3S. The molecule has 70 valence electrons. The van der Waals surface area contributed by atoms with Crippen LogP contribution in [-0.4, -0.2) is 28.0 Å². The number of aromatic nitrogens is 2. The van der Waals surface area contributed by atoms with Crippen LogP contribution in [0.2, 0.25) is 0 Å². The summed E-state index contributed by atoms with van der Waals surface area (Å²) in [5, 5.41) is 3.63. The number of nitrogens with one attached hydrogen (secondary N) is 2. The summed E-state index contributed by atoms with van der Waals surface area (Å²) in [5.74, 6) is 2.45. The Hall–Kier alpha value is -0.480. The molecule has 3 heterocycles. The molecule has 13 heavy (non-hydrogen) atoms. The molecule has 1 aromatic heterocycles. The number of imidazole rings is 1. The monoisotopic (exact) mass is 195 g/mol. The molecule has 2 N–H and O–H groups in total. The molecule has 1 atom stereocenters. The van der Waals surface area contributed by atoms with E-state index in [0.717, 1.165) is 13.0 Å². The van der Waals surface area contributed by atoms with Crippen LogP contribution in [0.5, 0.6) is 0 Å². The normalized spacial score (nSPS) is 32.3. The zero-order chi connectivity index (χ0) is 8.73. The Labute approximate surface area is 81.7 Å². The predicted octanol–water partition coefficient (Wildman–Crippen LogP) is 0.888. The van der Waals surface area contributed by atoms with Gasteiger partial charge < -0.3 is 10.3 Å². The van der Waals surface area contributed by atoms with Crippen LogP contribution in [0, 0.1) is 0 Å². The molecule has 2 aliphatic heterocycles.